The Bertz CT molecular complexity index is 212. The van der Waals surface area contributed by atoms with Gasteiger partial charge in [-0.15, -0.1) is 0 Å². The number of carbonyl (C=O) groups is 1. The fourth-order valence-electron chi connectivity index (χ4n) is 0.999. The molecule has 11 heavy (non-hydrogen) atoms. The van der Waals surface area contributed by atoms with Gasteiger partial charge in [0.2, 0.25) is 0 Å². The van der Waals surface area contributed by atoms with E-state index in [4.69, 9.17) is 21.8 Å². The Labute approximate surface area is 69.3 Å². The first-order valence-electron chi connectivity index (χ1n) is 3.31. The van der Waals surface area contributed by atoms with E-state index in [0.717, 1.165) is 6.08 Å². The monoisotopic (exact) mass is 176 g/mol. The van der Waals surface area contributed by atoms with Crippen LogP contribution in [0.25, 0.3) is 0 Å². The molecule has 1 rings (SSSR count). The standard InChI is InChI=1S/C7H9ClO3/c1-3-6(10)4(8)2-5(9)7(3)11/h2-3,5,7,9,11H,1H3. The van der Waals surface area contributed by atoms with Crippen LogP contribution >= 0.6 is 11.6 Å². The Kier molecular flexibility index (Phi) is 2.32. The SMILES string of the molecule is CC1C(=O)C(Cl)=CC(O)C1O. The lowest BCUT2D eigenvalue weighted by molar-refractivity contribution is -0.125. The highest BCUT2D eigenvalue weighted by Gasteiger charge is 2.33. The minimum atomic E-state index is -1.02. The molecule has 0 spiro atoms. The Morgan fingerprint density at radius 1 is 1.55 bits per heavy atom. The second-order valence-electron chi connectivity index (χ2n) is 2.65. The van der Waals surface area contributed by atoms with Crippen LogP contribution < -0.4 is 0 Å². The van der Waals surface area contributed by atoms with Crippen molar-refractivity contribution in [1.82, 2.24) is 0 Å². The zero-order valence-corrected chi connectivity index (χ0v) is 6.75. The number of rotatable bonds is 0. The maximum Gasteiger partial charge on any atom is 0.179 e. The number of allylic oxidation sites excluding steroid dienone is 1. The van der Waals surface area contributed by atoms with Gasteiger partial charge < -0.3 is 10.2 Å². The maximum absolute atomic E-state index is 11.0. The minimum Gasteiger partial charge on any atom is -0.389 e. The largest absolute Gasteiger partial charge is 0.389 e. The lowest BCUT2D eigenvalue weighted by Gasteiger charge is -2.25. The minimum absolute atomic E-state index is 0.00954. The summed E-state index contributed by atoms with van der Waals surface area (Å²) in [5.41, 5.74) is 0. The third-order valence-corrected chi connectivity index (χ3v) is 2.14. The van der Waals surface area contributed by atoms with Crippen molar-refractivity contribution in [1.29, 1.82) is 0 Å². The molecule has 1 aliphatic carbocycles. The van der Waals surface area contributed by atoms with Gasteiger partial charge in [-0.1, -0.05) is 18.5 Å². The molecule has 0 bridgehead atoms. The summed E-state index contributed by atoms with van der Waals surface area (Å²) in [6, 6.07) is 0. The average molecular weight is 177 g/mol. The van der Waals surface area contributed by atoms with Crippen LogP contribution in [0.2, 0.25) is 0 Å². The summed E-state index contributed by atoms with van der Waals surface area (Å²) in [4.78, 5) is 11.0. The van der Waals surface area contributed by atoms with Crippen molar-refractivity contribution in [3.05, 3.63) is 11.1 Å². The molecule has 0 aromatic rings. The second-order valence-corrected chi connectivity index (χ2v) is 3.06. The van der Waals surface area contributed by atoms with Crippen molar-refractivity contribution in [3.63, 3.8) is 0 Å². The molecule has 62 valence electrons. The summed E-state index contributed by atoms with van der Waals surface area (Å²) in [6.45, 7) is 1.53. The molecule has 0 heterocycles. The van der Waals surface area contributed by atoms with Gasteiger partial charge in [-0.25, -0.2) is 0 Å². The van der Waals surface area contributed by atoms with Crippen LogP contribution in [0.5, 0.6) is 0 Å². The molecule has 0 saturated carbocycles. The van der Waals surface area contributed by atoms with Gasteiger partial charge >= 0.3 is 0 Å². The van der Waals surface area contributed by atoms with E-state index in [1.165, 1.54) is 6.92 Å². The highest BCUT2D eigenvalue weighted by atomic mass is 35.5. The van der Waals surface area contributed by atoms with Gasteiger partial charge in [0.05, 0.1) is 11.1 Å². The van der Waals surface area contributed by atoms with E-state index in [2.05, 4.69) is 0 Å². The number of hydrogen-bond acceptors (Lipinski definition) is 3. The molecule has 0 aliphatic heterocycles. The lowest BCUT2D eigenvalue weighted by atomic mass is 9.90. The van der Waals surface area contributed by atoms with Crippen LogP contribution in [0.1, 0.15) is 6.92 Å². The number of halogens is 1. The molecule has 3 nitrogen and oxygen atoms in total. The van der Waals surface area contributed by atoms with E-state index in [9.17, 15) is 4.79 Å². The van der Waals surface area contributed by atoms with Crippen LogP contribution in [0.3, 0.4) is 0 Å². The van der Waals surface area contributed by atoms with Crippen molar-refractivity contribution >= 4 is 17.4 Å². The number of carbonyl (C=O) groups excluding carboxylic acids is 1. The predicted octanol–water partition coefficient (Wildman–Crippen LogP) is 0.0497. The zero-order valence-electron chi connectivity index (χ0n) is 5.99. The van der Waals surface area contributed by atoms with Crippen molar-refractivity contribution in [2.24, 2.45) is 5.92 Å². The van der Waals surface area contributed by atoms with Gasteiger partial charge in [0.25, 0.3) is 0 Å². The predicted molar refractivity (Wildman–Crippen MR) is 40.1 cm³/mol. The first-order valence-corrected chi connectivity index (χ1v) is 3.69. The molecule has 0 radical (unpaired) electrons. The Morgan fingerprint density at radius 3 is 2.64 bits per heavy atom. The summed E-state index contributed by atoms with van der Waals surface area (Å²) in [7, 11) is 0. The molecule has 0 aromatic carbocycles. The molecule has 1 aliphatic rings. The van der Waals surface area contributed by atoms with Crippen molar-refractivity contribution < 1.29 is 15.0 Å². The van der Waals surface area contributed by atoms with Crippen LogP contribution in [0.4, 0.5) is 0 Å². The van der Waals surface area contributed by atoms with Gasteiger partial charge in [0.15, 0.2) is 5.78 Å². The molecule has 0 aromatic heterocycles. The van der Waals surface area contributed by atoms with Gasteiger partial charge in [-0.2, -0.15) is 0 Å². The number of Topliss-reactive ketones (excluding diaryl/α,β-unsaturated/α-hetero) is 1. The topological polar surface area (TPSA) is 57.5 Å². The van der Waals surface area contributed by atoms with E-state index in [1.54, 1.807) is 0 Å². The molecule has 0 amide bonds. The number of aliphatic hydroxyl groups is 2. The zero-order chi connectivity index (χ0) is 8.59. The Morgan fingerprint density at radius 2 is 2.09 bits per heavy atom. The second kappa shape index (κ2) is 2.93. The van der Waals surface area contributed by atoms with E-state index in [0.29, 0.717) is 0 Å². The van der Waals surface area contributed by atoms with Crippen molar-refractivity contribution in [2.75, 3.05) is 0 Å². The summed E-state index contributed by atoms with van der Waals surface area (Å²) in [5, 5.41) is 18.2. The fraction of sp³-hybridized carbons (Fsp3) is 0.571. The maximum atomic E-state index is 11.0. The van der Waals surface area contributed by atoms with E-state index in [-0.39, 0.29) is 10.8 Å². The summed E-state index contributed by atoms with van der Waals surface area (Å²) < 4.78 is 0. The quantitative estimate of drug-likeness (QED) is 0.549. The van der Waals surface area contributed by atoms with Crippen LogP contribution in [0, 0.1) is 5.92 Å². The Balaban J connectivity index is 2.92. The number of aliphatic hydroxyl groups excluding tert-OH is 2. The van der Waals surface area contributed by atoms with Crippen molar-refractivity contribution in [3.8, 4) is 0 Å². The smallest absolute Gasteiger partial charge is 0.179 e. The van der Waals surface area contributed by atoms with Gasteiger partial charge in [0, 0.05) is 5.92 Å². The third kappa shape index (κ3) is 1.45. The molecule has 0 saturated heterocycles. The summed E-state index contributed by atoms with van der Waals surface area (Å²) in [5.74, 6) is -0.924. The van der Waals surface area contributed by atoms with Gasteiger partial charge in [-0.3, -0.25) is 4.79 Å². The first-order chi connectivity index (χ1) is 5.04. The fourth-order valence-corrected chi connectivity index (χ4v) is 1.30. The lowest BCUT2D eigenvalue weighted by Crippen LogP contribution is -2.39. The molecular formula is C7H9ClO3. The van der Waals surface area contributed by atoms with Gasteiger partial charge in [0.1, 0.15) is 6.10 Å². The number of ketones is 1. The summed E-state index contributed by atoms with van der Waals surface area (Å²) in [6.07, 6.45) is -0.880. The van der Waals surface area contributed by atoms with Crippen LogP contribution in [0.15, 0.2) is 11.1 Å². The van der Waals surface area contributed by atoms with Crippen molar-refractivity contribution in [2.45, 2.75) is 19.1 Å². The van der Waals surface area contributed by atoms with Crippen LogP contribution in [-0.4, -0.2) is 28.2 Å². The van der Waals surface area contributed by atoms with Crippen LogP contribution in [-0.2, 0) is 4.79 Å². The normalized spacial score (nSPS) is 38.7. The first kappa shape index (κ1) is 8.71. The Hall–Kier alpha value is -0.380. The van der Waals surface area contributed by atoms with E-state index >= 15 is 0 Å². The molecule has 4 heteroatoms. The molecular weight excluding hydrogens is 168 g/mol. The van der Waals surface area contributed by atoms with E-state index in [1.807, 2.05) is 0 Å². The third-order valence-electron chi connectivity index (χ3n) is 1.83. The molecule has 3 unspecified atom stereocenters. The highest BCUT2D eigenvalue weighted by molar-refractivity contribution is 6.43. The highest BCUT2D eigenvalue weighted by Crippen LogP contribution is 2.23. The molecule has 3 atom stereocenters. The molecule has 0 fully saturated rings. The number of hydrogen-bond donors (Lipinski definition) is 2. The molecule has 2 N–H and O–H groups in total. The van der Waals surface area contributed by atoms with E-state index < -0.39 is 18.1 Å². The van der Waals surface area contributed by atoms with Gasteiger partial charge in [-0.05, 0) is 6.08 Å². The average Bonchev–Trinajstić information content (AvgIpc) is 1.97. The summed E-state index contributed by atoms with van der Waals surface area (Å²) >= 11 is 5.46.